The van der Waals surface area contributed by atoms with Crippen LogP contribution >= 0.6 is 34.8 Å². The van der Waals surface area contributed by atoms with Crippen LogP contribution < -0.4 is 11.5 Å². The van der Waals surface area contributed by atoms with Gasteiger partial charge in [-0.15, -0.1) is 0 Å². The SMILES string of the molecule is CC(C)C(=O)Cl.CC(C)C(=O)n1cc(-c2nc(N)ncc2Cl)c2cc(C#CC3(O)CCCC3)ccc21.Nc1ncc(Cl)c(-c2c[nH]c3ccc(C#CC4(O)CCCC4)cc23)n1. The number of H-pyrrole nitrogens is 1. The molecule has 2 saturated carbocycles. The molecular weight excluding hydrogens is 835 g/mol. The number of nitrogens with zero attached hydrogens (tertiary/aromatic N) is 5. The second kappa shape index (κ2) is 19.1. The van der Waals surface area contributed by atoms with Crippen LogP contribution in [0.4, 0.5) is 11.9 Å². The van der Waals surface area contributed by atoms with Gasteiger partial charge in [0.15, 0.2) is 0 Å². The Bertz CT molecular complexity index is 2730. The molecule has 6 aromatic rings. The number of nitrogens with one attached hydrogen (secondary N) is 1. The van der Waals surface area contributed by atoms with Gasteiger partial charge in [-0.1, -0.05) is 74.6 Å². The minimum atomic E-state index is -0.915. The standard InChI is InChI=1S/C23H23ClN4O2.C19H17ClN4O.C4H7ClO/c1-14(2)21(29)28-13-17(20-18(24)12-26-22(25)27-20)16-11-15(5-6-19(16)28)7-10-23(30)8-3-4-9-23;20-15-11-23-18(21)24-17(15)14-10-22-16-4-3-12(9-13(14)16)5-8-19(25)6-1-2-7-19;1-3(2)4(5)6/h5-6,11-14,30H,3-4,8-9H2,1-2H3,(H2,25,26,27);3-4,9-11,22,25H,1-2,6-7H2,(H2,21,23,24);3H,1-2H3. The molecular formula is C46H47Cl3N8O4. The maximum absolute atomic E-state index is 12.8. The molecule has 2 aromatic carbocycles. The predicted octanol–water partition coefficient (Wildman–Crippen LogP) is 9.21. The first kappa shape index (κ1) is 45.1. The topological polar surface area (TPSA) is 199 Å². The summed E-state index contributed by atoms with van der Waals surface area (Å²) in [7, 11) is 0. The molecule has 12 nitrogen and oxygen atoms in total. The van der Waals surface area contributed by atoms with E-state index in [0.29, 0.717) is 39.8 Å². The number of carbonyl (C=O) groups excluding carboxylic acids is 2. The Morgan fingerprint density at radius 3 is 1.72 bits per heavy atom. The Labute approximate surface area is 369 Å². The molecule has 0 spiro atoms. The lowest BCUT2D eigenvalue weighted by Crippen LogP contribution is -2.20. The highest BCUT2D eigenvalue weighted by Gasteiger charge is 2.29. The lowest BCUT2D eigenvalue weighted by Gasteiger charge is -2.12. The van der Waals surface area contributed by atoms with Gasteiger partial charge in [-0.2, -0.15) is 0 Å². The van der Waals surface area contributed by atoms with E-state index in [0.717, 1.165) is 77.0 Å². The van der Waals surface area contributed by atoms with Crippen LogP contribution in [0.25, 0.3) is 44.3 Å². The summed E-state index contributed by atoms with van der Waals surface area (Å²) >= 11 is 17.6. The summed E-state index contributed by atoms with van der Waals surface area (Å²) in [5.41, 5.74) is 15.6. The van der Waals surface area contributed by atoms with Gasteiger partial charge in [0, 0.05) is 62.8 Å². The van der Waals surface area contributed by atoms with Crippen LogP contribution in [0.2, 0.25) is 10.0 Å². The number of rotatable bonds is 4. The van der Waals surface area contributed by atoms with E-state index >= 15 is 0 Å². The molecule has 0 aliphatic heterocycles. The second-order valence-electron chi connectivity index (χ2n) is 15.9. The Kier molecular flexibility index (Phi) is 14.1. The van der Waals surface area contributed by atoms with E-state index in [4.69, 9.17) is 46.3 Å². The van der Waals surface area contributed by atoms with E-state index in [1.54, 1.807) is 24.6 Å². The zero-order valence-electron chi connectivity index (χ0n) is 34.3. The fourth-order valence-electron chi connectivity index (χ4n) is 7.04. The van der Waals surface area contributed by atoms with Gasteiger partial charge in [0.2, 0.25) is 23.0 Å². The number of fused-ring (bicyclic) bond motifs is 2. The molecule has 2 aliphatic carbocycles. The highest BCUT2D eigenvalue weighted by atomic mass is 35.5. The van der Waals surface area contributed by atoms with E-state index in [2.05, 4.69) is 48.6 Å². The molecule has 61 heavy (non-hydrogen) atoms. The van der Waals surface area contributed by atoms with Crippen molar-refractivity contribution in [1.29, 1.82) is 0 Å². The summed E-state index contributed by atoms with van der Waals surface area (Å²) in [6, 6.07) is 11.5. The van der Waals surface area contributed by atoms with Gasteiger partial charge < -0.3 is 26.7 Å². The molecule has 4 heterocycles. The number of hydrogen-bond donors (Lipinski definition) is 5. The maximum atomic E-state index is 12.8. The van der Waals surface area contributed by atoms with Crippen molar-refractivity contribution in [3.63, 3.8) is 0 Å². The number of aromatic amines is 1. The van der Waals surface area contributed by atoms with Crippen molar-refractivity contribution in [3.8, 4) is 46.2 Å². The molecule has 15 heteroatoms. The first-order valence-electron chi connectivity index (χ1n) is 20.0. The fourth-order valence-corrected chi connectivity index (χ4v) is 7.42. The molecule has 0 amide bonds. The third-order valence-corrected chi connectivity index (χ3v) is 11.4. The molecule has 0 bridgehead atoms. The zero-order chi connectivity index (χ0) is 44.1. The highest BCUT2D eigenvalue weighted by Crippen LogP contribution is 2.36. The lowest BCUT2D eigenvalue weighted by atomic mass is 10.0. The highest BCUT2D eigenvalue weighted by molar-refractivity contribution is 6.63. The minimum absolute atomic E-state index is 0.0216. The number of halogens is 3. The summed E-state index contributed by atoms with van der Waals surface area (Å²) in [4.78, 5) is 42.3. The predicted molar refractivity (Wildman–Crippen MR) is 243 cm³/mol. The Hall–Kier alpha value is -5.47. The molecule has 2 aliphatic rings. The van der Waals surface area contributed by atoms with Crippen molar-refractivity contribution in [2.75, 3.05) is 11.5 Å². The van der Waals surface area contributed by atoms with Crippen molar-refractivity contribution in [2.24, 2.45) is 11.8 Å². The van der Waals surface area contributed by atoms with Crippen LogP contribution in [0.5, 0.6) is 0 Å². The second-order valence-corrected chi connectivity index (χ2v) is 17.1. The van der Waals surface area contributed by atoms with Crippen molar-refractivity contribution < 1.29 is 19.8 Å². The average molecular weight is 882 g/mol. The normalized spacial score (nSPS) is 15.0. The van der Waals surface area contributed by atoms with Crippen molar-refractivity contribution in [1.82, 2.24) is 29.5 Å². The van der Waals surface area contributed by atoms with Gasteiger partial charge in [0.1, 0.15) is 11.2 Å². The summed E-state index contributed by atoms with van der Waals surface area (Å²) in [6.45, 7) is 7.22. The van der Waals surface area contributed by atoms with Crippen LogP contribution in [0.3, 0.4) is 0 Å². The molecule has 8 rings (SSSR count). The van der Waals surface area contributed by atoms with E-state index in [1.165, 1.54) is 12.4 Å². The monoisotopic (exact) mass is 880 g/mol. The molecule has 2 fully saturated rings. The number of nitrogens with two attached hydrogens (primary N) is 2. The van der Waals surface area contributed by atoms with Crippen molar-refractivity contribution in [3.05, 3.63) is 82.4 Å². The summed E-state index contributed by atoms with van der Waals surface area (Å²) in [5, 5.41) is 23.2. The zero-order valence-corrected chi connectivity index (χ0v) is 36.6. The molecule has 4 aromatic heterocycles. The van der Waals surface area contributed by atoms with Gasteiger partial charge in [-0.3, -0.25) is 14.2 Å². The van der Waals surface area contributed by atoms with E-state index in [1.807, 2.05) is 56.4 Å². The molecule has 0 unspecified atom stereocenters. The summed E-state index contributed by atoms with van der Waals surface area (Å²) in [5.74, 6) is 12.3. The first-order chi connectivity index (χ1) is 29.0. The third kappa shape index (κ3) is 10.9. The molecule has 7 N–H and O–H groups in total. The average Bonchev–Trinajstić information content (AvgIpc) is 4.05. The van der Waals surface area contributed by atoms with Gasteiger partial charge in [0.05, 0.1) is 39.3 Å². The lowest BCUT2D eigenvalue weighted by molar-refractivity contribution is -0.114. The van der Waals surface area contributed by atoms with Crippen LogP contribution in [0, 0.1) is 35.5 Å². The quantitative estimate of drug-likeness (QED) is 0.0840. The van der Waals surface area contributed by atoms with E-state index < -0.39 is 11.2 Å². The van der Waals surface area contributed by atoms with Crippen LogP contribution in [0.15, 0.2) is 61.2 Å². The maximum Gasteiger partial charge on any atom is 0.233 e. The fraction of sp³-hybridized carbons (Fsp3) is 0.348. The Morgan fingerprint density at radius 2 is 1.23 bits per heavy atom. The number of hydrogen-bond acceptors (Lipinski definition) is 10. The van der Waals surface area contributed by atoms with Gasteiger partial charge >= 0.3 is 0 Å². The number of anilines is 2. The van der Waals surface area contributed by atoms with Crippen LogP contribution in [0.1, 0.15) is 95.0 Å². The minimum Gasteiger partial charge on any atom is -0.378 e. The van der Waals surface area contributed by atoms with Crippen LogP contribution in [-0.2, 0) is 4.79 Å². The largest absolute Gasteiger partial charge is 0.378 e. The summed E-state index contributed by atoms with van der Waals surface area (Å²) in [6.07, 6.45) is 13.4. The number of carbonyl (C=O) groups is 2. The van der Waals surface area contributed by atoms with Crippen molar-refractivity contribution >= 4 is 79.7 Å². The van der Waals surface area contributed by atoms with Gasteiger partial charge in [-0.25, -0.2) is 19.9 Å². The molecule has 0 saturated heterocycles. The number of aromatic nitrogens is 6. The first-order valence-corrected chi connectivity index (χ1v) is 21.2. The Balaban J connectivity index is 0.000000182. The molecule has 316 valence electrons. The Morgan fingerprint density at radius 1 is 0.754 bits per heavy atom. The van der Waals surface area contributed by atoms with E-state index in [-0.39, 0.29) is 34.9 Å². The van der Waals surface area contributed by atoms with Gasteiger partial charge in [-0.05, 0) is 99.4 Å². The van der Waals surface area contributed by atoms with E-state index in [9.17, 15) is 19.8 Å². The van der Waals surface area contributed by atoms with Crippen molar-refractivity contribution in [2.45, 2.75) is 90.3 Å². The van der Waals surface area contributed by atoms with Gasteiger partial charge in [0.25, 0.3) is 0 Å². The number of aliphatic hydroxyl groups is 2. The summed E-state index contributed by atoms with van der Waals surface area (Å²) < 4.78 is 1.62. The third-order valence-electron chi connectivity index (χ3n) is 10.4. The van der Waals surface area contributed by atoms with Crippen LogP contribution in [-0.4, -0.2) is 62.1 Å². The smallest absolute Gasteiger partial charge is 0.233 e. The number of benzene rings is 2. The molecule has 0 atom stereocenters. The molecule has 0 radical (unpaired) electrons. The number of nitrogen functional groups attached to an aromatic ring is 2.